The van der Waals surface area contributed by atoms with E-state index in [-0.39, 0.29) is 17.9 Å². The fourth-order valence-corrected chi connectivity index (χ4v) is 2.05. The summed E-state index contributed by atoms with van der Waals surface area (Å²) in [7, 11) is 0. The Morgan fingerprint density at radius 1 is 1.62 bits per heavy atom. The summed E-state index contributed by atoms with van der Waals surface area (Å²) in [5, 5.41) is 0. The maximum atomic E-state index is 11.9. The van der Waals surface area contributed by atoms with Crippen LogP contribution in [0.2, 0.25) is 0 Å². The van der Waals surface area contributed by atoms with Crippen molar-refractivity contribution in [1.29, 1.82) is 0 Å². The van der Waals surface area contributed by atoms with Crippen LogP contribution in [0.4, 0.5) is 0 Å². The molecule has 3 atom stereocenters. The van der Waals surface area contributed by atoms with E-state index >= 15 is 0 Å². The number of carbonyl (C=O) groups is 1. The van der Waals surface area contributed by atoms with E-state index < -0.39 is 0 Å². The van der Waals surface area contributed by atoms with Crippen LogP contribution in [-0.2, 0) is 9.53 Å². The average Bonchev–Trinajstić information content (AvgIpc) is 2.50. The maximum absolute atomic E-state index is 11.9. The molecule has 1 fully saturated rings. The Morgan fingerprint density at radius 2 is 2.31 bits per heavy atom. The zero-order valence-electron chi connectivity index (χ0n) is 8.88. The van der Waals surface area contributed by atoms with Crippen molar-refractivity contribution in [2.45, 2.75) is 46.1 Å². The van der Waals surface area contributed by atoms with Gasteiger partial charge in [-0.25, -0.2) is 0 Å². The molecular weight excluding hydrogens is 164 g/mol. The molecule has 2 nitrogen and oxygen atoms in total. The minimum absolute atomic E-state index is 0.145. The van der Waals surface area contributed by atoms with Gasteiger partial charge in [-0.1, -0.05) is 20.3 Å². The first-order chi connectivity index (χ1) is 6.16. The lowest BCUT2D eigenvalue weighted by Crippen LogP contribution is -2.26. The van der Waals surface area contributed by atoms with Crippen molar-refractivity contribution < 1.29 is 9.53 Å². The number of hydrogen-bond acceptors (Lipinski definition) is 2. The molecule has 3 unspecified atom stereocenters. The van der Waals surface area contributed by atoms with Crippen molar-refractivity contribution in [3.05, 3.63) is 0 Å². The van der Waals surface area contributed by atoms with Gasteiger partial charge in [-0.3, -0.25) is 4.79 Å². The Balaban J connectivity index is 2.46. The second-order valence-corrected chi connectivity index (χ2v) is 4.06. The van der Waals surface area contributed by atoms with E-state index in [0.717, 1.165) is 25.9 Å². The Labute approximate surface area is 80.7 Å². The van der Waals surface area contributed by atoms with Gasteiger partial charge in [0.1, 0.15) is 5.78 Å². The molecule has 76 valence electrons. The minimum atomic E-state index is 0.145. The van der Waals surface area contributed by atoms with Crippen molar-refractivity contribution in [1.82, 2.24) is 0 Å². The molecule has 0 spiro atoms. The molecule has 0 amide bonds. The smallest absolute Gasteiger partial charge is 0.141 e. The largest absolute Gasteiger partial charge is 0.378 e. The quantitative estimate of drug-likeness (QED) is 0.670. The van der Waals surface area contributed by atoms with E-state index in [1.807, 2.05) is 13.8 Å². The number of Topliss-reactive ketones (excluding diaryl/α,β-unsaturated/α-hetero) is 1. The van der Waals surface area contributed by atoms with Crippen LogP contribution >= 0.6 is 0 Å². The van der Waals surface area contributed by atoms with E-state index in [1.165, 1.54) is 0 Å². The van der Waals surface area contributed by atoms with Crippen LogP contribution in [0.1, 0.15) is 40.0 Å². The standard InChI is InChI=1S/C11H20O2/c1-4-5-8(2)11(12)10-6-7-13-9(10)3/h8-10H,4-7H2,1-3H3. The van der Waals surface area contributed by atoms with Gasteiger partial charge in [0.15, 0.2) is 0 Å². The molecule has 13 heavy (non-hydrogen) atoms. The van der Waals surface area contributed by atoms with Crippen molar-refractivity contribution in [2.75, 3.05) is 6.61 Å². The highest BCUT2D eigenvalue weighted by Gasteiger charge is 2.32. The number of hydrogen-bond donors (Lipinski definition) is 0. The van der Waals surface area contributed by atoms with Crippen molar-refractivity contribution in [3.63, 3.8) is 0 Å². The van der Waals surface area contributed by atoms with Gasteiger partial charge in [-0.05, 0) is 19.8 Å². The predicted molar refractivity (Wildman–Crippen MR) is 52.6 cm³/mol. The van der Waals surface area contributed by atoms with Crippen molar-refractivity contribution in [2.24, 2.45) is 11.8 Å². The van der Waals surface area contributed by atoms with Gasteiger partial charge in [-0.15, -0.1) is 0 Å². The van der Waals surface area contributed by atoms with Crippen LogP contribution in [0, 0.1) is 11.8 Å². The van der Waals surface area contributed by atoms with Gasteiger partial charge in [0.05, 0.1) is 6.10 Å². The van der Waals surface area contributed by atoms with E-state index in [0.29, 0.717) is 5.78 Å². The summed E-state index contributed by atoms with van der Waals surface area (Å²) >= 11 is 0. The lowest BCUT2D eigenvalue weighted by atomic mass is 9.87. The average molecular weight is 184 g/mol. The van der Waals surface area contributed by atoms with E-state index in [1.54, 1.807) is 0 Å². The molecule has 0 aromatic rings. The van der Waals surface area contributed by atoms with Crippen LogP contribution in [0.15, 0.2) is 0 Å². The fraction of sp³-hybridized carbons (Fsp3) is 0.909. The first-order valence-corrected chi connectivity index (χ1v) is 5.32. The lowest BCUT2D eigenvalue weighted by molar-refractivity contribution is -0.127. The summed E-state index contributed by atoms with van der Waals surface area (Å²) < 4.78 is 5.39. The number of rotatable bonds is 4. The lowest BCUT2D eigenvalue weighted by Gasteiger charge is -2.17. The number of ketones is 1. The summed E-state index contributed by atoms with van der Waals surface area (Å²) in [6, 6.07) is 0. The van der Waals surface area contributed by atoms with Crippen LogP contribution in [0.5, 0.6) is 0 Å². The molecule has 1 heterocycles. The third kappa shape index (κ3) is 2.53. The zero-order valence-corrected chi connectivity index (χ0v) is 8.88. The maximum Gasteiger partial charge on any atom is 0.141 e. The third-order valence-electron chi connectivity index (χ3n) is 2.95. The summed E-state index contributed by atoms with van der Waals surface area (Å²) in [6.45, 7) is 6.93. The SMILES string of the molecule is CCCC(C)C(=O)C1CCOC1C. The highest BCUT2D eigenvalue weighted by atomic mass is 16.5. The molecule has 1 rings (SSSR count). The van der Waals surface area contributed by atoms with Crippen LogP contribution < -0.4 is 0 Å². The van der Waals surface area contributed by atoms with Crippen LogP contribution in [0.25, 0.3) is 0 Å². The minimum Gasteiger partial charge on any atom is -0.378 e. The Bertz CT molecular complexity index is 177. The normalized spacial score (nSPS) is 30.4. The highest BCUT2D eigenvalue weighted by Crippen LogP contribution is 2.25. The molecule has 0 aliphatic carbocycles. The van der Waals surface area contributed by atoms with Gasteiger partial charge in [0.2, 0.25) is 0 Å². The summed E-state index contributed by atoms with van der Waals surface area (Å²) in [5.41, 5.74) is 0. The van der Waals surface area contributed by atoms with Crippen LogP contribution in [-0.4, -0.2) is 18.5 Å². The molecule has 1 saturated heterocycles. The molecule has 0 aromatic carbocycles. The first-order valence-electron chi connectivity index (χ1n) is 5.32. The first kappa shape index (κ1) is 10.7. The van der Waals surface area contributed by atoms with Crippen molar-refractivity contribution >= 4 is 5.78 Å². The van der Waals surface area contributed by atoms with E-state index in [2.05, 4.69) is 6.92 Å². The molecule has 0 aromatic heterocycles. The summed E-state index contributed by atoms with van der Waals surface area (Å²) in [5.74, 6) is 0.799. The molecule has 0 radical (unpaired) electrons. The Hall–Kier alpha value is -0.370. The molecule has 1 aliphatic rings. The molecule has 0 bridgehead atoms. The molecule has 0 saturated carbocycles. The van der Waals surface area contributed by atoms with E-state index in [4.69, 9.17) is 4.74 Å². The fourth-order valence-electron chi connectivity index (χ4n) is 2.05. The monoisotopic (exact) mass is 184 g/mol. The third-order valence-corrected chi connectivity index (χ3v) is 2.95. The highest BCUT2D eigenvalue weighted by molar-refractivity contribution is 5.83. The Kier molecular flexibility index (Phi) is 3.91. The summed E-state index contributed by atoms with van der Waals surface area (Å²) in [6.07, 6.45) is 3.18. The van der Waals surface area contributed by atoms with E-state index in [9.17, 15) is 4.79 Å². The predicted octanol–water partition coefficient (Wildman–Crippen LogP) is 2.42. The van der Waals surface area contributed by atoms with Crippen LogP contribution in [0.3, 0.4) is 0 Å². The number of carbonyl (C=O) groups excluding carboxylic acids is 1. The Morgan fingerprint density at radius 3 is 2.77 bits per heavy atom. The van der Waals surface area contributed by atoms with Gasteiger partial charge in [0, 0.05) is 18.4 Å². The topological polar surface area (TPSA) is 26.3 Å². The second-order valence-electron chi connectivity index (χ2n) is 4.06. The zero-order chi connectivity index (χ0) is 9.84. The van der Waals surface area contributed by atoms with Gasteiger partial charge in [0.25, 0.3) is 0 Å². The summed E-state index contributed by atoms with van der Waals surface area (Å²) in [4.78, 5) is 11.9. The van der Waals surface area contributed by atoms with Gasteiger partial charge < -0.3 is 4.74 Å². The molecule has 1 aliphatic heterocycles. The number of ether oxygens (including phenoxy) is 1. The van der Waals surface area contributed by atoms with Crippen molar-refractivity contribution in [3.8, 4) is 0 Å². The molecular formula is C11H20O2. The van der Waals surface area contributed by atoms with Gasteiger partial charge in [-0.2, -0.15) is 0 Å². The second kappa shape index (κ2) is 4.75. The van der Waals surface area contributed by atoms with Gasteiger partial charge >= 0.3 is 0 Å². The molecule has 0 N–H and O–H groups in total. The molecule has 2 heteroatoms.